The molecule has 108 valence electrons. The van der Waals surface area contributed by atoms with Crippen LogP contribution in [0.25, 0.3) is 0 Å². The van der Waals surface area contributed by atoms with E-state index in [9.17, 15) is 4.39 Å². The molecule has 0 spiro atoms. The third-order valence-electron chi connectivity index (χ3n) is 3.29. The van der Waals surface area contributed by atoms with Crippen LogP contribution in [0, 0.1) is 5.82 Å². The maximum Gasteiger partial charge on any atom is 0.142 e. The van der Waals surface area contributed by atoms with Crippen LogP contribution in [0.4, 0.5) is 4.39 Å². The average molecular weight is 306 g/mol. The number of halogens is 3. The summed E-state index contributed by atoms with van der Waals surface area (Å²) in [4.78, 5) is 0. The van der Waals surface area contributed by atoms with E-state index in [0.717, 1.165) is 6.42 Å². The third kappa shape index (κ3) is 4.94. The molecule has 0 amide bonds. The number of nitrogens with one attached hydrogen (secondary N) is 1. The standard InChI is InChI=1S/C15H22Cl2FN/c1-4-5-6-7-10(2)19-11(3)14-12(16)8-9-13(18)15(14)17/h8-11,19H,4-7H2,1-3H3. The Bertz CT molecular complexity index is 409. The highest BCUT2D eigenvalue weighted by Crippen LogP contribution is 2.32. The molecule has 0 fully saturated rings. The van der Waals surface area contributed by atoms with E-state index in [1.165, 1.54) is 25.3 Å². The molecule has 0 saturated heterocycles. The highest BCUT2D eigenvalue weighted by atomic mass is 35.5. The summed E-state index contributed by atoms with van der Waals surface area (Å²) >= 11 is 12.1. The Morgan fingerprint density at radius 2 is 1.89 bits per heavy atom. The summed E-state index contributed by atoms with van der Waals surface area (Å²) in [5, 5.41) is 4.05. The molecule has 19 heavy (non-hydrogen) atoms. The molecule has 1 rings (SSSR count). The summed E-state index contributed by atoms with van der Waals surface area (Å²) in [6, 6.07) is 3.15. The second-order valence-corrected chi connectivity index (χ2v) is 5.83. The Labute approximate surface area is 125 Å². The van der Waals surface area contributed by atoms with Crippen LogP contribution in [0.2, 0.25) is 10.0 Å². The minimum absolute atomic E-state index is 0.0627. The van der Waals surface area contributed by atoms with E-state index in [0.29, 0.717) is 16.6 Å². The highest BCUT2D eigenvalue weighted by molar-refractivity contribution is 6.36. The predicted octanol–water partition coefficient (Wildman–Crippen LogP) is 5.75. The molecule has 0 aromatic heterocycles. The molecular weight excluding hydrogens is 284 g/mol. The average Bonchev–Trinajstić information content (AvgIpc) is 2.34. The third-order valence-corrected chi connectivity index (χ3v) is 4.00. The first-order chi connectivity index (χ1) is 8.97. The van der Waals surface area contributed by atoms with Gasteiger partial charge in [-0.1, -0.05) is 49.4 Å². The van der Waals surface area contributed by atoms with Gasteiger partial charge in [-0.2, -0.15) is 0 Å². The normalized spacial score (nSPS) is 14.4. The molecule has 1 aromatic rings. The quantitative estimate of drug-likeness (QED) is 0.499. The zero-order valence-corrected chi connectivity index (χ0v) is 13.3. The summed E-state index contributed by atoms with van der Waals surface area (Å²) in [5.41, 5.74) is 0.644. The fraction of sp³-hybridized carbons (Fsp3) is 0.600. The Morgan fingerprint density at radius 1 is 1.21 bits per heavy atom. The summed E-state index contributed by atoms with van der Waals surface area (Å²) in [6.07, 6.45) is 4.75. The summed E-state index contributed by atoms with van der Waals surface area (Å²) in [6.45, 7) is 6.28. The number of hydrogen-bond acceptors (Lipinski definition) is 1. The second kappa shape index (κ2) is 8.08. The fourth-order valence-electron chi connectivity index (χ4n) is 2.23. The van der Waals surface area contributed by atoms with Crippen molar-refractivity contribution in [2.75, 3.05) is 0 Å². The van der Waals surface area contributed by atoms with Gasteiger partial charge in [-0.3, -0.25) is 0 Å². The summed E-state index contributed by atoms with van der Waals surface area (Å²) < 4.78 is 13.5. The van der Waals surface area contributed by atoms with Gasteiger partial charge in [0.25, 0.3) is 0 Å². The van der Waals surface area contributed by atoms with Gasteiger partial charge in [0.15, 0.2) is 0 Å². The molecule has 0 aliphatic rings. The van der Waals surface area contributed by atoms with Gasteiger partial charge >= 0.3 is 0 Å². The van der Waals surface area contributed by atoms with Crippen molar-refractivity contribution >= 4 is 23.2 Å². The smallest absolute Gasteiger partial charge is 0.142 e. The Balaban J connectivity index is 2.67. The molecule has 2 atom stereocenters. The van der Waals surface area contributed by atoms with E-state index in [1.807, 2.05) is 6.92 Å². The molecule has 1 N–H and O–H groups in total. The molecule has 4 heteroatoms. The van der Waals surface area contributed by atoms with Crippen molar-refractivity contribution in [1.82, 2.24) is 5.32 Å². The van der Waals surface area contributed by atoms with Crippen molar-refractivity contribution in [3.63, 3.8) is 0 Å². The zero-order valence-electron chi connectivity index (χ0n) is 11.8. The van der Waals surface area contributed by atoms with Crippen LogP contribution < -0.4 is 5.32 Å². The van der Waals surface area contributed by atoms with E-state index in [1.54, 1.807) is 6.07 Å². The van der Waals surface area contributed by atoms with Gasteiger partial charge in [0.1, 0.15) is 5.82 Å². The molecule has 0 aliphatic heterocycles. The molecule has 2 unspecified atom stereocenters. The van der Waals surface area contributed by atoms with Gasteiger partial charge in [0, 0.05) is 22.7 Å². The Morgan fingerprint density at radius 3 is 2.53 bits per heavy atom. The molecule has 0 aliphatic carbocycles. The number of benzene rings is 1. The van der Waals surface area contributed by atoms with Crippen molar-refractivity contribution in [2.24, 2.45) is 0 Å². The van der Waals surface area contributed by atoms with Crippen molar-refractivity contribution < 1.29 is 4.39 Å². The monoisotopic (exact) mass is 305 g/mol. The molecule has 1 aromatic carbocycles. The van der Waals surface area contributed by atoms with Crippen LogP contribution in [-0.4, -0.2) is 6.04 Å². The molecular formula is C15H22Cl2FN. The van der Waals surface area contributed by atoms with Crippen molar-refractivity contribution in [3.05, 3.63) is 33.6 Å². The maximum atomic E-state index is 13.5. The highest BCUT2D eigenvalue weighted by Gasteiger charge is 2.18. The number of unbranched alkanes of at least 4 members (excludes halogenated alkanes) is 2. The Hall–Kier alpha value is -0.310. The number of hydrogen-bond donors (Lipinski definition) is 1. The minimum Gasteiger partial charge on any atom is -0.308 e. The van der Waals surface area contributed by atoms with Gasteiger partial charge < -0.3 is 5.32 Å². The first kappa shape index (κ1) is 16.7. The lowest BCUT2D eigenvalue weighted by molar-refractivity contribution is 0.439. The second-order valence-electron chi connectivity index (χ2n) is 5.04. The van der Waals surface area contributed by atoms with E-state index in [2.05, 4.69) is 19.2 Å². The van der Waals surface area contributed by atoms with E-state index in [-0.39, 0.29) is 11.1 Å². The summed E-state index contributed by atoms with van der Waals surface area (Å²) in [5.74, 6) is -0.423. The molecule has 0 bridgehead atoms. The van der Waals surface area contributed by atoms with Crippen LogP contribution >= 0.6 is 23.2 Å². The van der Waals surface area contributed by atoms with Gasteiger partial charge in [0.05, 0.1) is 5.02 Å². The lowest BCUT2D eigenvalue weighted by Gasteiger charge is -2.22. The topological polar surface area (TPSA) is 12.0 Å². The molecule has 0 heterocycles. The SMILES string of the molecule is CCCCCC(C)NC(C)c1c(Cl)ccc(F)c1Cl. The molecule has 0 radical (unpaired) electrons. The van der Waals surface area contributed by atoms with E-state index in [4.69, 9.17) is 23.2 Å². The first-order valence-corrected chi connectivity index (χ1v) is 7.62. The molecule has 0 saturated carbocycles. The lowest BCUT2D eigenvalue weighted by atomic mass is 10.0. The largest absolute Gasteiger partial charge is 0.308 e. The van der Waals surface area contributed by atoms with Crippen LogP contribution in [0.1, 0.15) is 58.1 Å². The van der Waals surface area contributed by atoms with Crippen molar-refractivity contribution in [2.45, 2.75) is 58.5 Å². The Kier molecular flexibility index (Phi) is 7.12. The van der Waals surface area contributed by atoms with Crippen LogP contribution in [0.5, 0.6) is 0 Å². The van der Waals surface area contributed by atoms with Crippen LogP contribution in [0.3, 0.4) is 0 Å². The van der Waals surface area contributed by atoms with Crippen molar-refractivity contribution in [3.8, 4) is 0 Å². The van der Waals surface area contributed by atoms with Crippen LogP contribution in [-0.2, 0) is 0 Å². The summed E-state index contributed by atoms with van der Waals surface area (Å²) in [7, 11) is 0. The number of rotatable bonds is 7. The van der Waals surface area contributed by atoms with Gasteiger partial charge in [-0.25, -0.2) is 4.39 Å². The first-order valence-electron chi connectivity index (χ1n) is 6.86. The zero-order chi connectivity index (χ0) is 14.4. The van der Waals surface area contributed by atoms with Gasteiger partial charge in [-0.05, 0) is 32.4 Å². The van der Waals surface area contributed by atoms with Crippen LogP contribution in [0.15, 0.2) is 12.1 Å². The lowest BCUT2D eigenvalue weighted by Crippen LogP contribution is -2.29. The van der Waals surface area contributed by atoms with E-state index < -0.39 is 5.82 Å². The van der Waals surface area contributed by atoms with Crippen molar-refractivity contribution in [1.29, 1.82) is 0 Å². The molecule has 1 nitrogen and oxygen atoms in total. The maximum absolute atomic E-state index is 13.5. The predicted molar refractivity (Wildman–Crippen MR) is 81.6 cm³/mol. The van der Waals surface area contributed by atoms with Gasteiger partial charge in [-0.15, -0.1) is 0 Å². The van der Waals surface area contributed by atoms with Gasteiger partial charge in [0.2, 0.25) is 0 Å². The van der Waals surface area contributed by atoms with E-state index >= 15 is 0 Å². The minimum atomic E-state index is -0.423. The fourth-order valence-corrected chi connectivity index (χ4v) is 2.93.